The van der Waals surface area contributed by atoms with Gasteiger partial charge in [-0.1, -0.05) is 6.92 Å². The lowest BCUT2D eigenvalue weighted by Crippen LogP contribution is -2.39. The number of rotatable bonds is 6. The molecule has 7 nitrogen and oxygen atoms in total. The third-order valence-electron chi connectivity index (χ3n) is 4.80. The van der Waals surface area contributed by atoms with Crippen LogP contribution in [0.1, 0.15) is 48.9 Å². The molecule has 2 atom stereocenters. The molecule has 1 amide bonds. The highest BCUT2D eigenvalue weighted by Crippen LogP contribution is 2.21. The summed E-state index contributed by atoms with van der Waals surface area (Å²) in [5.41, 5.74) is 0.419. The van der Waals surface area contributed by atoms with E-state index in [9.17, 15) is 9.59 Å². The van der Waals surface area contributed by atoms with Gasteiger partial charge in [0.15, 0.2) is 0 Å². The molecule has 0 aliphatic carbocycles. The number of aromatic nitrogens is 2. The van der Waals surface area contributed by atoms with E-state index in [0.29, 0.717) is 24.8 Å². The largest absolute Gasteiger partial charge is 0.481 e. The SMILES string of the molecule is CC1CCn2cc(C(=O)N(CCC(=O)O)CC3CCCO3)nc2C1. The van der Waals surface area contributed by atoms with E-state index in [1.165, 1.54) is 0 Å². The maximum atomic E-state index is 12.8. The molecule has 7 heteroatoms. The van der Waals surface area contributed by atoms with Gasteiger partial charge in [0.25, 0.3) is 5.91 Å². The first-order chi connectivity index (χ1) is 11.5. The molecule has 0 saturated carbocycles. The number of ether oxygens (including phenoxy) is 1. The van der Waals surface area contributed by atoms with E-state index in [1.807, 2.05) is 6.20 Å². The quantitative estimate of drug-likeness (QED) is 0.853. The van der Waals surface area contributed by atoms with Gasteiger partial charge >= 0.3 is 5.97 Å². The first-order valence-corrected chi connectivity index (χ1v) is 8.71. The summed E-state index contributed by atoms with van der Waals surface area (Å²) in [4.78, 5) is 29.8. The van der Waals surface area contributed by atoms with Crippen molar-refractivity contribution in [1.29, 1.82) is 0 Å². The normalized spacial score (nSPS) is 23.0. The van der Waals surface area contributed by atoms with Crippen molar-refractivity contribution in [3.63, 3.8) is 0 Å². The van der Waals surface area contributed by atoms with E-state index < -0.39 is 5.97 Å². The summed E-state index contributed by atoms with van der Waals surface area (Å²) in [7, 11) is 0. The molecule has 3 rings (SSSR count). The summed E-state index contributed by atoms with van der Waals surface area (Å²) in [6.45, 7) is 4.41. The predicted octanol–water partition coefficient (Wildman–Crippen LogP) is 1.56. The van der Waals surface area contributed by atoms with Crippen molar-refractivity contribution >= 4 is 11.9 Å². The Kier molecular flexibility index (Phi) is 5.18. The first-order valence-electron chi connectivity index (χ1n) is 8.71. The molecule has 1 aromatic heterocycles. The van der Waals surface area contributed by atoms with Crippen molar-refractivity contribution in [3.8, 4) is 0 Å². The maximum absolute atomic E-state index is 12.8. The number of imidazole rings is 1. The Morgan fingerprint density at radius 3 is 3.00 bits per heavy atom. The second-order valence-electron chi connectivity index (χ2n) is 6.86. The van der Waals surface area contributed by atoms with Crippen LogP contribution in [0.3, 0.4) is 0 Å². The number of carboxylic acids is 1. The van der Waals surface area contributed by atoms with Crippen LogP contribution in [-0.4, -0.2) is 57.2 Å². The minimum atomic E-state index is -0.905. The average Bonchev–Trinajstić information content (AvgIpc) is 3.19. The smallest absolute Gasteiger partial charge is 0.305 e. The Morgan fingerprint density at radius 2 is 2.29 bits per heavy atom. The van der Waals surface area contributed by atoms with Gasteiger partial charge in [-0.3, -0.25) is 9.59 Å². The second kappa shape index (κ2) is 7.34. The molecule has 3 heterocycles. The fraction of sp³-hybridized carbons (Fsp3) is 0.706. The molecule has 0 spiro atoms. The summed E-state index contributed by atoms with van der Waals surface area (Å²) in [6, 6.07) is 0. The van der Waals surface area contributed by atoms with Crippen molar-refractivity contribution in [2.75, 3.05) is 19.7 Å². The number of amides is 1. The van der Waals surface area contributed by atoms with E-state index >= 15 is 0 Å². The molecule has 1 N–H and O–H groups in total. The second-order valence-corrected chi connectivity index (χ2v) is 6.86. The number of hydrogen-bond donors (Lipinski definition) is 1. The standard InChI is InChI=1S/C17H25N3O4/c1-12-4-6-19-11-14(18-15(19)9-12)17(23)20(7-5-16(21)22)10-13-3-2-8-24-13/h11-13H,2-10H2,1H3,(H,21,22). The van der Waals surface area contributed by atoms with Crippen LogP contribution in [0.4, 0.5) is 0 Å². The molecule has 1 aromatic rings. The maximum Gasteiger partial charge on any atom is 0.305 e. The molecule has 132 valence electrons. The van der Waals surface area contributed by atoms with Crippen LogP contribution < -0.4 is 0 Å². The number of fused-ring (bicyclic) bond motifs is 1. The summed E-state index contributed by atoms with van der Waals surface area (Å²) >= 11 is 0. The van der Waals surface area contributed by atoms with Gasteiger partial charge in [-0.05, 0) is 25.2 Å². The minimum Gasteiger partial charge on any atom is -0.481 e. The number of carboxylic acid groups (broad SMARTS) is 1. The summed E-state index contributed by atoms with van der Waals surface area (Å²) in [5.74, 6) is 0.435. The molecule has 1 fully saturated rings. The van der Waals surface area contributed by atoms with Crippen LogP contribution in [0.25, 0.3) is 0 Å². The molecular weight excluding hydrogens is 310 g/mol. The van der Waals surface area contributed by atoms with Gasteiger partial charge in [0.05, 0.1) is 12.5 Å². The first kappa shape index (κ1) is 17.0. The Bertz CT molecular complexity index is 607. The molecule has 2 unspecified atom stereocenters. The van der Waals surface area contributed by atoms with E-state index in [2.05, 4.69) is 16.5 Å². The van der Waals surface area contributed by atoms with Crippen LogP contribution in [0, 0.1) is 5.92 Å². The lowest BCUT2D eigenvalue weighted by Gasteiger charge is -2.24. The fourth-order valence-electron chi connectivity index (χ4n) is 3.39. The number of nitrogens with zero attached hydrogens (tertiary/aromatic N) is 3. The van der Waals surface area contributed by atoms with Crippen molar-refractivity contribution in [2.24, 2.45) is 5.92 Å². The number of aliphatic carboxylic acids is 1. The third kappa shape index (κ3) is 3.95. The molecule has 2 aliphatic heterocycles. The number of carbonyl (C=O) groups excluding carboxylic acids is 1. The van der Waals surface area contributed by atoms with Crippen molar-refractivity contribution < 1.29 is 19.4 Å². The average molecular weight is 335 g/mol. The summed E-state index contributed by atoms with van der Waals surface area (Å²) in [5, 5.41) is 8.95. The van der Waals surface area contributed by atoms with Gasteiger partial charge in [-0.25, -0.2) is 4.98 Å². The van der Waals surface area contributed by atoms with Gasteiger partial charge in [-0.2, -0.15) is 0 Å². The van der Waals surface area contributed by atoms with Crippen LogP contribution >= 0.6 is 0 Å². The van der Waals surface area contributed by atoms with Crippen molar-refractivity contribution in [1.82, 2.24) is 14.5 Å². The van der Waals surface area contributed by atoms with E-state index in [-0.39, 0.29) is 25.0 Å². The molecule has 2 aliphatic rings. The third-order valence-corrected chi connectivity index (χ3v) is 4.80. The van der Waals surface area contributed by atoms with E-state index in [1.54, 1.807) is 4.90 Å². The lowest BCUT2D eigenvalue weighted by atomic mass is 10.0. The zero-order valence-electron chi connectivity index (χ0n) is 14.1. The Hall–Kier alpha value is -1.89. The zero-order chi connectivity index (χ0) is 17.1. The van der Waals surface area contributed by atoms with Crippen LogP contribution in [-0.2, 0) is 22.5 Å². The van der Waals surface area contributed by atoms with E-state index in [0.717, 1.165) is 38.1 Å². The summed E-state index contributed by atoms with van der Waals surface area (Å²) in [6.07, 6.45) is 5.62. The van der Waals surface area contributed by atoms with E-state index in [4.69, 9.17) is 9.84 Å². The highest BCUT2D eigenvalue weighted by molar-refractivity contribution is 5.92. The predicted molar refractivity (Wildman–Crippen MR) is 86.8 cm³/mol. The fourth-order valence-corrected chi connectivity index (χ4v) is 3.39. The highest BCUT2D eigenvalue weighted by atomic mass is 16.5. The minimum absolute atomic E-state index is 0.00000635. The molecular formula is C17H25N3O4. The molecule has 0 bridgehead atoms. The monoisotopic (exact) mass is 335 g/mol. The van der Waals surface area contributed by atoms with Crippen LogP contribution in [0.2, 0.25) is 0 Å². The topological polar surface area (TPSA) is 84.7 Å². The van der Waals surface area contributed by atoms with Gasteiger partial charge < -0.3 is 19.3 Å². The Balaban J connectivity index is 1.72. The number of aryl methyl sites for hydroxylation is 1. The molecule has 0 aromatic carbocycles. The van der Waals surface area contributed by atoms with Crippen molar-refractivity contribution in [3.05, 3.63) is 17.7 Å². The zero-order valence-corrected chi connectivity index (χ0v) is 14.1. The Morgan fingerprint density at radius 1 is 1.46 bits per heavy atom. The highest BCUT2D eigenvalue weighted by Gasteiger charge is 2.27. The van der Waals surface area contributed by atoms with Gasteiger partial charge in [0.2, 0.25) is 0 Å². The molecule has 24 heavy (non-hydrogen) atoms. The van der Waals surface area contributed by atoms with Gasteiger partial charge in [0, 0.05) is 38.9 Å². The lowest BCUT2D eigenvalue weighted by molar-refractivity contribution is -0.137. The summed E-state index contributed by atoms with van der Waals surface area (Å²) < 4.78 is 7.65. The Labute approximate surface area is 141 Å². The van der Waals surface area contributed by atoms with Crippen molar-refractivity contribution in [2.45, 2.75) is 51.7 Å². The molecule has 0 radical (unpaired) electrons. The van der Waals surface area contributed by atoms with Gasteiger partial charge in [0.1, 0.15) is 11.5 Å². The van der Waals surface area contributed by atoms with Crippen LogP contribution in [0.5, 0.6) is 0 Å². The number of carbonyl (C=O) groups is 2. The molecule has 1 saturated heterocycles. The number of hydrogen-bond acceptors (Lipinski definition) is 4. The van der Waals surface area contributed by atoms with Crippen LogP contribution in [0.15, 0.2) is 6.20 Å². The van der Waals surface area contributed by atoms with Gasteiger partial charge in [-0.15, -0.1) is 0 Å².